The van der Waals surface area contributed by atoms with E-state index in [4.69, 9.17) is 34.8 Å². The molecule has 0 aliphatic rings. The lowest BCUT2D eigenvalue weighted by atomic mass is 10.2. The fourth-order valence-electron chi connectivity index (χ4n) is 1.63. The van der Waals surface area contributed by atoms with Gasteiger partial charge in [-0.25, -0.2) is 0 Å². The molecule has 1 N–H and O–H groups in total. The molecule has 2 rings (SSSR count). The van der Waals surface area contributed by atoms with Crippen LogP contribution in [0.25, 0.3) is 0 Å². The number of nitrogens with one attached hydrogen (secondary N) is 1. The summed E-state index contributed by atoms with van der Waals surface area (Å²) in [7, 11) is 0. The Kier molecular flexibility index (Phi) is 4.67. The first-order chi connectivity index (χ1) is 9.90. The first kappa shape index (κ1) is 15.6. The zero-order valence-electron chi connectivity index (χ0n) is 10.3. The average Bonchev–Trinajstić information content (AvgIpc) is 2.43. The lowest BCUT2D eigenvalue weighted by Gasteiger charge is -2.09. The molecule has 0 fully saturated rings. The van der Waals surface area contributed by atoms with Crippen molar-refractivity contribution < 1.29 is 9.72 Å². The molecule has 0 atom stereocenters. The Labute approximate surface area is 134 Å². The van der Waals surface area contributed by atoms with Crippen molar-refractivity contribution in [3.05, 3.63) is 67.1 Å². The first-order valence-corrected chi connectivity index (χ1v) is 6.73. The van der Waals surface area contributed by atoms with Crippen molar-refractivity contribution in [3.8, 4) is 0 Å². The lowest BCUT2D eigenvalue weighted by molar-refractivity contribution is -0.384. The Hall–Kier alpha value is -1.82. The summed E-state index contributed by atoms with van der Waals surface area (Å²) in [5.74, 6) is -0.604. The molecule has 8 heteroatoms. The predicted molar refractivity (Wildman–Crippen MR) is 82.5 cm³/mol. The molecule has 0 heterocycles. The van der Waals surface area contributed by atoms with Crippen molar-refractivity contribution in [2.45, 2.75) is 0 Å². The largest absolute Gasteiger partial charge is 0.322 e. The molecule has 108 valence electrons. The third-order valence-corrected chi connectivity index (χ3v) is 3.71. The van der Waals surface area contributed by atoms with Crippen LogP contribution in [-0.2, 0) is 0 Å². The SMILES string of the molecule is O=C(Nc1cccc([N+](=O)[O-])c1)c1c(Cl)ccc(Cl)c1Cl. The van der Waals surface area contributed by atoms with Gasteiger partial charge in [-0.1, -0.05) is 40.9 Å². The van der Waals surface area contributed by atoms with Gasteiger partial charge in [-0.2, -0.15) is 0 Å². The highest BCUT2D eigenvalue weighted by Crippen LogP contribution is 2.32. The van der Waals surface area contributed by atoms with E-state index in [1.165, 1.54) is 36.4 Å². The maximum absolute atomic E-state index is 12.2. The van der Waals surface area contributed by atoms with Crippen LogP contribution in [0.5, 0.6) is 0 Å². The third kappa shape index (κ3) is 3.44. The zero-order chi connectivity index (χ0) is 15.6. The van der Waals surface area contributed by atoms with Gasteiger partial charge in [0.05, 0.1) is 25.6 Å². The summed E-state index contributed by atoms with van der Waals surface area (Å²) in [6, 6.07) is 8.42. The summed E-state index contributed by atoms with van der Waals surface area (Å²) in [5, 5.41) is 13.5. The van der Waals surface area contributed by atoms with Crippen LogP contribution in [0.3, 0.4) is 0 Å². The molecule has 0 aliphatic heterocycles. The minimum Gasteiger partial charge on any atom is -0.322 e. The van der Waals surface area contributed by atoms with Crippen LogP contribution in [0.4, 0.5) is 11.4 Å². The van der Waals surface area contributed by atoms with E-state index in [2.05, 4.69) is 5.32 Å². The third-order valence-electron chi connectivity index (χ3n) is 2.59. The van der Waals surface area contributed by atoms with Crippen LogP contribution in [0.1, 0.15) is 10.4 Å². The highest BCUT2D eigenvalue weighted by molar-refractivity contribution is 6.46. The minimum absolute atomic E-state index is 0.0114. The van der Waals surface area contributed by atoms with Gasteiger partial charge < -0.3 is 5.32 Å². The van der Waals surface area contributed by atoms with Crippen molar-refractivity contribution >= 4 is 52.1 Å². The molecule has 0 aliphatic carbocycles. The number of benzene rings is 2. The lowest BCUT2D eigenvalue weighted by Crippen LogP contribution is -2.13. The molecule has 0 aromatic heterocycles. The molecule has 0 radical (unpaired) electrons. The molecule has 5 nitrogen and oxygen atoms in total. The number of amides is 1. The molecule has 0 bridgehead atoms. The first-order valence-electron chi connectivity index (χ1n) is 5.59. The van der Waals surface area contributed by atoms with E-state index in [-0.39, 0.29) is 32.0 Å². The summed E-state index contributed by atoms with van der Waals surface area (Å²) in [4.78, 5) is 22.3. The van der Waals surface area contributed by atoms with E-state index in [9.17, 15) is 14.9 Å². The summed E-state index contributed by atoms with van der Waals surface area (Å²) >= 11 is 17.7. The topological polar surface area (TPSA) is 72.2 Å². The number of nitrogens with zero attached hydrogens (tertiary/aromatic N) is 1. The average molecular weight is 346 g/mol. The van der Waals surface area contributed by atoms with Gasteiger partial charge in [0.1, 0.15) is 0 Å². The molecule has 0 saturated heterocycles. The number of rotatable bonds is 3. The summed E-state index contributed by atoms with van der Waals surface area (Å²) in [6.07, 6.45) is 0. The van der Waals surface area contributed by atoms with E-state index in [1.807, 2.05) is 0 Å². The van der Waals surface area contributed by atoms with Crippen LogP contribution in [0, 0.1) is 10.1 Å². The number of hydrogen-bond acceptors (Lipinski definition) is 3. The maximum Gasteiger partial charge on any atom is 0.271 e. The van der Waals surface area contributed by atoms with Crippen molar-refractivity contribution in [2.75, 3.05) is 5.32 Å². The molecule has 1 amide bonds. The molecule has 2 aromatic carbocycles. The van der Waals surface area contributed by atoms with Gasteiger partial charge >= 0.3 is 0 Å². The maximum atomic E-state index is 12.2. The standard InChI is InChI=1S/C13H7Cl3N2O3/c14-9-4-5-10(15)12(16)11(9)13(19)17-7-2-1-3-8(6-7)18(20)21/h1-6H,(H,17,19). The van der Waals surface area contributed by atoms with Crippen molar-refractivity contribution in [2.24, 2.45) is 0 Å². The molecule has 0 saturated carbocycles. The molecular weight excluding hydrogens is 339 g/mol. The van der Waals surface area contributed by atoms with Crippen LogP contribution < -0.4 is 5.32 Å². The van der Waals surface area contributed by atoms with Crippen LogP contribution in [-0.4, -0.2) is 10.8 Å². The number of anilines is 1. The summed E-state index contributed by atoms with van der Waals surface area (Å²) < 4.78 is 0. The number of non-ortho nitro benzene ring substituents is 1. The van der Waals surface area contributed by atoms with Gasteiger partial charge in [0.25, 0.3) is 11.6 Å². The Morgan fingerprint density at radius 3 is 2.43 bits per heavy atom. The second-order valence-corrected chi connectivity index (χ2v) is 5.17. The number of carbonyl (C=O) groups excluding carboxylic acids is 1. The van der Waals surface area contributed by atoms with E-state index < -0.39 is 10.8 Å². The Balaban J connectivity index is 2.33. The van der Waals surface area contributed by atoms with E-state index in [0.29, 0.717) is 0 Å². The Bertz CT molecular complexity index is 735. The fourth-order valence-corrected chi connectivity index (χ4v) is 2.33. The number of nitro groups is 1. The van der Waals surface area contributed by atoms with Crippen molar-refractivity contribution in [1.29, 1.82) is 0 Å². The smallest absolute Gasteiger partial charge is 0.271 e. The highest BCUT2D eigenvalue weighted by Gasteiger charge is 2.18. The number of nitro benzene ring substituents is 1. The zero-order valence-corrected chi connectivity index (χ0v) is 12.5. The number of carbonyl (C=O) groups is 1. The molecular formula is C13H7Cl3N2O3. The van der Waals surface area contributed by atoms with Gasteiger partial charge in [-0.15, -0.1) is 0 Å². The summed E-state index contributed by atoms with van der Waals surface area (Å²) in [6.45, 7) is 0. The normalized spacial score (nSPS) is 10.2. The van der Waals surface area contributed by atoms with Crippen molar-refractivity contribution in [1.82, 2.24) is 0 Å². The van der Waals surface area contributed by atoms with Gasteiger partial charge in [0.2, 0.25) is 0 Å². The van der Waals surface area contributed by atoms with Crippen molar-refractivity contribution in [3.63, 3.8) is 0 Å². The predicted octanol–water partition coefficient (Wildman–Crippen LogP) is 4.81. The monoisotopic (exact) mass is 344 g/mol. The van der Waals surface area contributed by atoms with Gasteiger partial charge in [0, 0.05) is 17.8 Å². The Morgan fingerprint density at radius 2 is 1.76 bits per heavy atom. The molecule has 21 heavy (non-hydrogen) atoms. The van der Waals surface area contributed by atoms with Crippen LogP contribution in [0.2, 0.25) is 15.1 Å². The van der Waals surface area contributed by atoms with Gasteiger partial charge in [-0.05, 0) is 18.2 Å². The van der Waals surface area contributed by atoms with E-state index >= 15 is 0 Å². The fraction of sp³-hybridized carbons (Fsp3) is 0. The number of halogens is 3. The van der Waals surface area contributed by atoms with Gasteiger partial charge in [-0.3, -0.25) is 14.9 Å². The minimum atomic E-state index is -0.604. The Morgan fingerprint density at radius 1 is 1.10 bits per heavy atom. The van der Waals surface area contributed by atoms with Crippen LogP contribution in [0.15, 0.2) is 36.4 Å². The molecule has 2 aromatic rings. The quantitative estimate of drug-likeness (QED) is 0.493. The van der Waals surface area contributed by atoms with E-state index in [0.717, 1.165) is 0 Å². The molecule has 0 spiro atoms. The number of hydrogen-bond donors (Lipinski definition) is 1. The summed E-state index contributed by atoms with van der Waals surface area (Å²) in [5.41, 5.74) is 0.120. The second-order valence-electron chi connectivity index (χ2n) is 3.98. The van der Waals surface area contributed by atoms with Crippen LogP contribution >= 0.6 is 34.8 Å². The van der Waals surface area contributed by atoms with E-state index in [1.54, 1.807) is 0 Å². The highest BCUT2D eigenvalue weighted by atomic mass is 35.5. The van der Waals surface area contributed by atoms with Gasteiger partial charge in [0.15, 0.2) is 0 Å². The second kappa shape index (κ2) is 6.30. The molecule has 0 unspecified atom stereocenters.